The maximum Gasteiger partial charge on any atom is 0.318 e. The number of urea groups is 1. The lowest BCUT2D eigenvalue weighted by atomic mass is 9.89. The summed E-state index contributed by atoms with van der Waals surface area (Å²) in [5, 5.41) is 16.1. The molecule has 2 fully saturated rings. The Balaban J connectivity index is 1.58. The van der Waals surface area contributed by atoms with Gasteiger partial charge in [0.1, 0.15) is 6.04 Å². The molecule has 2 aliphatic carbocycles. The molecule has 0 aliphatic heterocycles. The summed E-state index contributed by atoms with van der Waals surface area (Å²) in [4.78, 5) is 18.5. The number of rotatable bonds is 6. The molecule has 1 aromatic rings. The third-order valence-corrected chi connectivity index (χ3v) is 4.73. The van der Waals surface area contributed by atoms with Crippen molar-refractivity contribution in [3.05, 3.63) is 11.7 Å². The molecule has 2 saturated carbocycles. The van der Waals surface area contributed by atoms with Crippen molar-refractivity contribution in [3.63, 3.8) is 0 Å². The maximum absolute atomic E-state index is 12.3. The van der Waals surface area contributed by atoms with Crippen LogP contribution in [0.1, 0.15) is 75.5 Å². The highest BCUT2D eigenvalue weighted by atomic mass is 16.5. The van der Waals surface area contributed by atoms with Crippen LogP contribution in [-0.2, 0) is 0 Å². The number of carbonyl (C=O) groups is 1. The topological polar surface area (TPSA) is 91.5 Å². The normalized spacial score (nSPS) is 20.3. The quantitative estimate of drug-likeness (QED) is 0.839. The first-order valence-electron chi connectivity index (χ1n) is 8.70. The van der Waals surface area contributed by atoms with Gasteiger partial charge in [0.05, 0.1) is 6.61 Å². The fourth-order valence-electron chi connectivity index (χ4n) is 3.22. The van der Waals surface area contributed by atoms with Gasteiger partial charge in [-0.1, -0.05) is 24.4 Å². The van der Waals surface area contributed by atoms with Crippen LogP contribution in [0.2, 0.25) is 0 Å². The second kappa shape index (κ2) is 7.29. The minimum absolute atomic E-state index is 0.0231. The van der Waals surface area contributed by atoms with Gasteiger partial charge in [-0.15, -0.1) is 0 Å². The molecule has 7 heteroatoms. The Kier molecular flexibility index (Phi) is 5.15. The van der Waals surface area contributed by atoms with Gasteiger partial charge in [0.2, 0.25) is 5.89 Å². The molecule has 1 heterocycles. The summed E-state index contributed by atoms with van der Waals surface area (Å²) in [5.41, 5.74) is 0. The molecule has 128 valence electrons. The van der Waals surface area contributed by atoms with Crippen LogP contribution in [0.5, 0.6) is 0 Å². The summed E-state index contributed by atoms with van der Waals surface area (Å²) in [7, 11) is 0. The first-order chi connectivity index (χ1) is 11.2. The van der Waals surface area contributed by atoms with E-state index in [-0.39, 0.29) is 24.7 Å². The van der Waals surface area contributed by atoms with Crippen molar-refractivity contribution in [2.75, 3.05) is 13.2 Å². The van der Waals surface area contributed by atoms with Gasteiger partial charge in [-0.3, -0.25) is 0 Å². The Labute approximate surface area is 136 Å². The average Bonchev–Trinajstić information content (AvgIpc) is 3.28. The Morgan fingerprint density at radius 3 is 2.74 bits per heavy atom. The van der Waals surface area contributed by atoms with Gasteiger partial charge in [0.15, 0.2) is 5.82 Å². The molecule has 2 N–H and O–H groups in total. The van der Waals surface area contributed by atoms with Gasteiger partial charge >= 0.3 is 6.03 Å². The van der Waals surface area contributed by atoms with Crippen LogP contribution in [-0.4, -0.2) is 45.4 Å². The molecule has 0 radical (unpaired) electrons. The van der Waals surface area contributed by atoms with Crippen molar-refractivity contribution in [2.45, 2.75) is 69.9 Å². The van der Waals surface area contributed by atoms with Crippen molar-refractivity contribution < 1.29 is 14.4 Å². The maximum atomic E-state index is 12.3. The Morgan fingerprint density at radius 2 is 2.09 bits per heavy atom. The lowest BCUT2D eigenvalue weighted by Crippen LogP contribution is -2.43. The first kappa shape index (κ1) is 16.2. The van der Waals surface area contributed by atoms with E-state index in [1.807, 2.05) is 6.92 Å². The molecule has 0 saturated heterocycles. The highest BCUT2D eigenvalue weighted by Gasteiger charge is 2.33. The summed E-state index contributed by atoms with van der Waals surface area (Å²) in [6.07, 6.45) is 7.98. The monoisotopic (exact) mass is 322 g/mol. The summed E-state index contributed by atoms with van der Waals surface area (Å²) in [5.74, 6) is 1.62. The summed E-state index contributed by atoms with van der Waals surface area (Å²) in [6, 6.07) is -0.242. The average molecular weight is 322 g/mol. The zero-order valence-corrected chi connectivity index (χ0v) is 13.7. The molecule has 0 bridgehead atoms. The Bertz CT molecular complexity index is 523. The predicted octanol–water partition coefficient (Wildman–Crippen LogP) is 2.34. The largest absolute Gasteiger partial charge is 0.395 e. The van der Waals surface area contributed by atoms with Crippen LogP contribution in [0.15, 0.2) is 4.52 Å². The third-order valence-electron chi connectivity index (χ3n) is 4.73. The van der Waals surface area contributed by atoms with Crippen LogP contribution in [0.4, 0.5) is 4.79 Å². The van der Waals surface area contributed by atoms with Crippen LogP contribution < -0.4 is 5.32 Å². The molecular formula is C16H26N4O3. The van der Waals surface area contributed by atoms with Crippen molar-refractivity contribution in [1.29, 1.82) is 0 Å². The van der Waals surface area contributed by atoms with Gasteiger partial charge in [0.25, 0.3) is 0 Å². The molecule has 0 spiro atoms. The number of hydrogen-bond donors (Lipinski definition) is 2. The molecule has 3 rings (SSSR count). The van der Waals surface area contributed by atoms with Crippen molar-refractivity contribution >= 4 is 6.03 Å². The van der Waals surface area contributed by atoms with Gasteiger partial charge in [-0.05, 0) is 32.6 Å². The van der Waals surface area contributed by atoms with Gasteiger partial charge in [0, 0.05) is 18.5 Å². The fourth-order valence-corrected chi connectivity index (χ4v) is 3.22. The minimum Gasteiger partial charge on any atom is -0.395 e. The smallest absolute Gasteiger partial charge is 0.318 e. The van der Waals surface area contributed by atoms with Gasteiger partial charge in [-0.25, -0.2) is 4.79 Å². The van der Waals surface area contributed by atoms with E-state index < -0.39 is 0 Å². The van der Waals surface area contributed by atoms with E-state index >= 15 is 0 Å². The number of hydrogen-bond acceptors (Lipinski definition) is 5. The number of aromatic nitrogens is 2. The van der Waals surface area contributed by atoms with E-state index in [1.165, 1.54) is 19.3 Å². The second-order valence-corrected chi connectivity index (χ2v) is 6.65. The molecule has 1 aromatic heterocycles. The third kappa shape index (κ3) is 4.02. The number of aliphatic hydroxyl groups excluding tert-OH is 1. The predicted molar refractivity (Wildman–Crippen MR) is 83.9 cm³/mol. The molecular weight excluding hydrogens is 296 g/mol. The van der Waals surface area contributed by atoms with Crippen molar-refractivity contribution in [3.8, 4) is 0 Å². The van der Waals surface area contributed by atoms with E-state index in [0.717, 1.165) is 31.5 Å². The van der Waals surface area contributed by atoms with Crippen LogP contribution in [0.3, 0.4) is 0 Å². The van der Waals surface area contributed by atoms with Gasteiger partial charge < -0.3 is 19.8 Å². The number of nitrogens with one attached hydrogen (secondary N) is 1. The van der Waals surface area contributed by atoms with E-state index in [1.54, 1.807) is 4.90 Å². The molecule has 2 aliphatic rings. The van der Waals surface area contributed by atoms with E-state index in [2.05, 4.69) is 15.5 Å². The zero-order valence-electron chi connectivity index (χ0n) is 13.7. The lowest BCUT2D eigenvalue weighted by Gasteiger charge is -2.23. The number of amides is 2. The first-order valence-corrected chi connectivity index (χ1v) is 8.70. The molecule has 0 aromatic carbocycles. The minimum atomic E-state index is -0.327. The molecule has 1 unspecified atom stereocenters. The van der Waals surface area contributed by atoms with Crippen LogP contribution in [0.25, 0.3) is 0 Å². The summed E-state index contributed by atoms with van der Waals surface area (Å²) >= 11 is 0. The zero-order chi connectivity index (χ0) is 16.2. The summed E-state index contributed by atoms with van der Waals surface area (Å²) in [6.45, 7) is 2.19. The molecule has 1 atom stereocenters. The molecule has 7 nitrogen and oxygen atoms in total. The van der Waals surface area contributed by atoms with Crippen molar-refractivity contribution in [2.24, 2.45) is 0 Å². The van der Waals surface area contributed by atoms with E-state index in [0.29, 0.717) is 18.4 Å². The Morgan fingerprint density at radius 1 is 1.35 bits per heavy atom. The van der Waals surface area contributed by atoms with Crippen molar-refractivity contribution in [1.82, 2.24) is 20.4 Å². The fraction of sp³-hybridized carbons (Fsp3) is 0.812. The molecule has 23 heavy (non-hydrogen) atoms. The number of aliphatic hydroxyl groups is 1. The van der Waals surface area contributed by atoms with E-state index in [9.17, 15) is 4.79 Å². The SMILES string of the molecule is CC(NC(=O)N(CCO)C1CC1)c1nc(C2CCCCC2)no1. The Hall–Kier alpha value is -1.63. The second-order valence-electron chi connectivity index (χ2n) is 6.65. The van der Waals surface area contributed by atoms with Crippen LogP contribution >= 0.6 is 0 Å². The number of carbonyl (C=O) groups excluding carboxylic acids is 1. The highest BCUT2D eigenvalue weighted by molar-refractivity contribution is 5.75. The van der Waals surface area contributed by atoms with E-state index in [4.69, 9.17) is 9.63 Å². The molecule has 2 amide bonds. The summed E-state index contributed by atoms with van der Waals surface area (Å²) < 4.78 is 5.35. The lowest BCUT2D eigenvalue weighted by molar-refractivity contribution is 0.169. The highest BCUT2D eigenvalue weighted by Crippen LogP contribution is 2.31. The van der Waals surface area contributed by atoms with Gasteiger partial charge in [-0.2, -0.15) is 4.98 Å². The standard InChI is InChI=1S/C16H26N4O3/c1-11(17-16(22)20(9-10-21)13-7-8-13)15-18-14(19-23-15)12-5-3-2-4-6-12/h11-13,21H,2-10H2,1H3,(H,17,22). The van der Waals surface area contributed by atoms with Crippen LogP contribution in [0, 0.1) is 0 Å². The number of nitrogens with zero attached hydrogens (tertiary/aromatic N) is 3.